The van der Waals surface area contributed by atoms with E-state index in [4.69, 9.17) is 11.6 Å². The second-order valence-electron chi connectivity index (χ2n) is 5.94. The third-order valence-corrected chi connectivity index (χ3v) is 8.30. The molecule has 1 fully saturated rings. The van der Waals surface area contributed by atoms with Crippen molar-refractivity contribution in [2.24, 2.45) is 0 Å². The van der Waals surface area contributed by atoms with Gasteiger partial charge in [-0.2, -0.15) is 21.3 Å². The first-order chi connectivity index (χ1) is 11.7. The average Bonchev–Trinajstić information content (AvgIpc) is 2.59. The molecule has 0 unspecified atom stereocenters. The first-order valence-corrected chi connectivity index (χ1v) is 11.4. The van der Waals surface area contributed by atoms with E-state index >= 15 is 0 Å². The molecule has 142 valence electrons. The third kappa shape index (κ3) is 4.72. The minimum absolute atomic E-state index is 0.121. The van der Waals surface area contributed by atoms with Crippen molar-refractivity contribution in [1.29, 1.82) is 0 Å². The number of sulfonamides is 1. The van der Waals surface area contributed by atoms with Gasteiger partial charge in [-0.1, -0.05) is 31.0 Å². The molecule has 0 bridgehead atoms. The number of hydrogen-bond acceptors (Lipinski definition) is 4. The van der Waals surface area contributed by atoms with E-state index in [1.54, 1.807) is 19.2 Å². The van der Waals surface area contributed by atoms with E-state index in [1.807, 2.05) is 6.92 Å². The molecule has 0 amide bonds. The van der Waals surface area contributed by atoms with Crippen molar-refractivity contribution in [2.75, 3.05) is 39.8 Å². The highest BCUT2D eigenvalue weighted by molar-refractivity contribution is 7.89. The monoisotopic (exact) mass is 409 g/mol. The van der Waals surface area contributed by atoms with Crippen molar-refractivity contribution in [3.63, 3.8) is 0 Å². The highest BCUT2D eigenvalue weighted by Gasteiger charge is 2.34. The summed E-state index contributed by atoms with van der Waals surface area (Å²) < 4.78 is 54.4. The number of benzene rings is 1. The molecule has 1 aliphatic rings. The van der Waals surface area contributed by atoms with Crippen LogP contribution < -0.4 is 0 Å². The Morgan fingerprint density at radius 1 is 1.08 bits per heavy atom. The lowest BCUT2D eigenvalue weighted by Crippen LogP contribution is -2.53. The van der Waals surface area contributed by atoms with Crippen molar-refractivity contribution in [3.8, 4) is 0 Å². The molecule has 1 saturated heterocycles. The van der Waals surface area contributed by atoms with Crippen molar-refractivity contribution < 1.29 is 16.8 Å². The number of nitrogens with zero attached hydrogens (tertiary/aromatic N) is 3. The maximum atomic E-state index is 12.7. The minimum atomic E-state index is -3.67. The normalized spacial score (nSPS) is 17.9. The summed E-state index contributed by atoms with van der Waals surface area (Å²) >= 11 is 5.87. The lowest BCUT2D eigenvalue weighted by Gasteiger charge is -2.35. The molecule has 7 nitrogen and oxygen atoms in total. The molecule has 1 aromatic rings. The van der Waals surface area contributed by atoms with Crippen LogP contribution in [0.2, 0.25) is 5.02 Å². The van der Waals surface area contributed by atoms with Gasteiger partial charge in [-0.25, -0.2) is 8.42 Å². The van der Waals surface area contributed by atoms with Gasteiger partial charge in [-0.15, -0.1) is 0 Å². The van der Waals surface area contributed by atoms with Crippen LogP contribution in [-0.2, 0) is 20.2 Å². The van der Waals surface area contributed by atoms with Gasteiger partial charge in [-0.3, -0.25) is 0 Å². The molecule has 0 spiro atoms. The lowest BCUT2D eigenvalue weighted by atomic mass is 10.3. The average molecular weight is 410 g/mol. The number of hydrogen-bond donors (Lipinski definition) is 0. The Hall–Kier alpha value is -0.710. The fourth-order valence-corrected chi connectivity index (χ4v) is 5.71. The number of piperazine rings is 1. The van der Waals surface area contributed by atoms with E-state index in [9.17, 15) is 16.8 Å². The van der Waals surface area contributed by atoms with E-state index in [0.717, 1.165) is 12.8 Å². The van der Waals surface area contributed by atoms with E-state index in [1.165, 1.54) is 25.0 Å². The molecular weight excluding hydrogens is 386 g/mol. The van der Waals surface area contributed by atoms with E-state index in [2.05, 4.69) is 0 Å². The topological polar surface area (TPSA) is 78.0 Å². The van der Waals surface area contributed by atoms with E-state index < -0.39 is 20.2 Å². The van der Waals surface area contributed by atoms with Crippen LogP contribution in [0.5, 0.6) is 0 Å². The van der Waals surface area contributed by atoms with Gasteiger partial charge < -0.3 is 0 Å². The van der Waals surface area contributed by atoms with Gasteiger partial charge in [0, 0.05) is 44.8 Å². The van der Waals surface area contributed by atoms with E-state index in [0.29, 0.717) is 11.6 Å². The maximum absolute atomic E-state index is 12.7. The summed E-state index contributed by atoms with van der Waals surface area (Å²) in [5.74, 6) is 0. The smallest absolute Gasteiger partial charge is 0.207 e. The molecule has 1 heterocycles. The summed E-state index contributed by atoms with van der Waals surface area (Å²) in [5.41, 5.74) is 0. The van der Waals surface area contributed by atoms with Crippen LogP contribution in [0, 0.1) is 0 Å². The second kappa shape index (κ2) is 8.32. The summed E-state index contributed by atoms with van der Waals surface area (Å²) in [6.45, 7) is 2.97. The van der Waals surface area contributed by atoms with E-state index in [-0.39, 0.29) is 31.1 Å². The molecule has 0 saturated carbocycles. The quantitative estimate of drug-likeness (QED) is 0.685. The van der Waals surface area contributed by atoms with Crippen molar-refractivity contribution in [3.05, 3.63) is 29.3 Å². The molecule has 0 N–H and O–H groups in total. The predicted molar refractivity (Wildman–Crippen MR) is 98.2 cm³/mol. The first-order valence-electron chi connectivity index (χ1n) is 8.16. The zero-order valence-corrected chi connectivity index (χ0v) is 16.8. The van der Waals surface area contributed by atoms with Crippen LogP contribution in [0.15, 0.2) is 29.2 Å². The van der Waals surface area contributed by atoms with Gasteiger partial charge in [0.15, 0.2) is 0 Å². The molecule has 0 atom stereocenters. The van der Waals surface area contributed by atoms with Crippen LogP contribution in [0.3, 0.4) is 0 Å². The van der Waals surface area contributed by atoms with Crippen LogP contribution in [0.4, 0.5) is 0 Å². The second-order valence-corrected chi connectivity index (χ2v) is 10.4. The molecular formula is C15H24ClN3O4S2. The molecule has 1 aromatic carbocycles. The first kappa shape index (κ1) is 20.6. The van der Waals surface area contributed by atoms with Crippen molar-refractivity contribution in [2.45, 2.75) is 24.7 Å². The van der Waals surface area contributed by atoms with Gasteiger partial charge in [0.25, 0.3) is 10.2 Å². The molecule has 1 aliphatic heterocycles. The van der Waals surface area contributed by atoms with Crippen LogP contribution in [0.25, 0.3) is 0 Å². The van der Waals surface area contributed by atoms with Gasteiger partial charge >= 0.3 is 0 Å². The van der Waals surface area contributed by atoms with Gasteiger partial charge in [-0.05, 0) is 24.6 Å². The fourth-order valence-electron chi connectivity index (χ4n) is 2.61. The Morgan fingerprint density at radius 3 is 2.24 bits per heavy atom. The Labute approximate surface area is 155 Å². The fraction of sp³-hybridized carbons (Fsp3) is 0.600. The Kier molecular flexibility index (Phi) is 6.86. The zero-order valence-electron chi connectivity index (χ0n) is 14.4. The van der Waals surface area contributed by atoms with Gasteiger partial charge in [0.05, 0.1) is 4.90 Å². The Morgan fingerprint density at radius 2 is 1.68 bits per heavy atom. The number of halogens is 1. The SMILES string of the molecule is CCCCN(C)S(=O)(=O)N1CCN(S(=O)(=O)c2cccc(Cl)c2)CC1. The van der Waals surface area contributed by atoms with Crippen molar-refractivity contribution in [1.82, 2.24) is 12.9 Å². The molecule has 25 heavy (non-hydrogen) atoms. The third-order valence-electron chi connectivity index (χ3n) is 4.18. The highest BCUT2D eigenvalue weighted by Crippen LogP contribution is 2.22. The standard InChI is InChI=1S/C15H24ClN3O4S2/c1-3-4-8-17(2)25(22,23)19-11-9-18(10-12-19)24(20,21)15-7-5-6-14(16)13-15/h5-7,13H,3-4,8-12H2,1-2H3. The maximum Gasteiger partial charge on any atom is 0.281 e. The van der Waals surface area contributed by atoms with Crippen LogP contribution in [0.1, 0.15) is 19.8 Å². The predicted octanol–water partition coefficient (Wildman–Crippen LogP) is 1.62. The molecule has 2 rings (SSSR count). The summed E-state index contributed by atoms with van der Waals surface area (Å²) in [6, 6.07) is 6.08. The van der Waals surface area contributed by atoms with Gasteiger partial charge in [0.1, 0.15) is 0 Å². The van der Waals surface area contributed by atoms with Crippen LogP contribution in [-0.4, -0.2) is 69.5 Å². The summed E-state index contributed by atoms with van der Waals surface area (Å²) in [5, 5.41) is 0.347. The van der Waals surface area contributed by atoms with Crippen molar-refractivity contribution >= 4 is 31.8 Å². The Balaban J connectivity index is 2.06. The zero-order chi connectivity index (χ0) is 18.7. The number of rotatable bonds is 7. The molecule has 10 heteroatoms. The van der Waals surface area contributed by atoms with Gasteiger partial charge in [0.2, 0.25) is 10.0 Å². The lowest BCUT2D eigenvalue weighted by molar-refractivity contribution is 0.258. The molecule has 0 aromatic heterocycles. The minimum Gasteiger partial charge on any atom is -0.207 e. The van der Waals surface area contributed by atoms with Crippen LogP contribution >= 0.6 is 11.6 Å². The summed E-state index contributed by atoms with van der Waals surface area (Å²) in [7, 11) is -5.67. The highest BCUT2D eigenvalue weighted by atomic mass is 35.5. The Bertz CT molecular complexity index is 791. The largest absolute Gasteiger partial charge is 0.281 e. The molecule has 0 radical (unpaired) electrons. The number of unbranched alkanes of at least 4 members (excludes halogenated alkanes) is 1. The summed E-state index contributed by atoms with van der Waals surface area (Å²) in [6.07, 6.45) is 1.70. The summed E-state index contributed by atoms with van der Waals surface area (Å²) in [4.78, 5) is 0.122. The molecule has 0 aliphatic carbocycles.